The summed E-state index contributed by atoms with van der Waals surface area (Å²) in [6, 6.07) is 3.97. The summed E-state index contributed by atoms with van der Waals surface area (Å²) in [4.78, 5) is 38.7. The standard InChI is InChI=1S/C34H49FN8O4/c1-5-43(24(2)3)31(44)27-18-26(35)6-7-28(27)47-30-29(36-23-37-39-30)42-20-33(21-42)12-14-40(15-13-33)19-25-8-10-34(11-9-25)22-41(16-17-46-4)32(45)38-34/h6-7,18,23-25H,5,8-17,19-22H2,1-4H3,(H,38,45). The van der Waals surface area contributed by atoms with Crippen molar-refractivity contribution in [2.24, 2.45) is 11.3 Å². The van der Waals surface area contributed by atoms with E-state index < -0.39 is 5.82 Å². The third-order valence-corrected chi connectivity index (χ3v) is 10.7. The van der Waals surface area contributed by atoms with Gasteiger partial charge in [0.15, 0.2) is 5.82 Å². The van der Waals surface area contributed by atoms with Crippen LogP contribution in [0.4, 0.5) is 15.0 Å². The number of ether oxygens (including phenoxy) is 2. The molecular formula is C34H49FN8O4. The van der Waals surface area contributed by atoms with Gasteiger partial charge in [-0.15, -0.1) is 10.2 Å². The summed E-state index contributed by atoms with van der Waals surface area (Å²) >= 11 is 0. The van der Waals surface area contributed by atoms with Gasteiger partial charge in [0.05, 0.1) is 17.7 Å². The molecule has 256 valence electrons. The van der Waals surface area contributed by atoms with Gasteiger partial charge in [0, 0.05) is 57.8 Å². The number of urea groups is 1. The Kier molecular flexibility index (Phi) is 9.84. The van der Waals surface area contributed by atoms with E-state index in [0.717, 1.165) is 77.8 Å². The Morgan fingerprint density at radius 3 is 2.57 bits per heavy atom. The Labute approximate surface area is 277 Å². The van der Waals surface area contributed by atoms with Gasteiger partial charge in [0.1, 0.15) is 17.9 Å². The Morgan fingerprint density at radius 1 is 1.15 bits per heavy atom. The first-order chi connectivity index (χ1) is 22.6. The number of benzene rings is 1. The van der Waals surface area contributed by atoms with Crippen molar-refractivity contribution in [1.29, 1.82) is 0 Å². The van der Waals surface area contributed by atoms with E-state index in [9.17, 15) is 14.0 Å². The lowest BCUT2D eigenvalue weighted by molar-refractivity contribution is 0.0581. The van der Waals surface area contributed by atoms with Crippen LogP contribution in [-0.4, -0.2) is 119 Å². The van der Waals surface area contributed by atoms with Crippen molar-refractivity contribution in [3.63, 3.8) is 0 Å². The molecule has 2 aromatic rings. The van der Waals surface area contributed by atoms with Crippen molar-refractivity contribution in [2.45, 2.75) is 70.9 Å². The first-order valence-electron chi connectivity index (χ1n) is 17.1. The molecule has 47 heavy (non-hydrogen) atoms. The van der Waals surface area contributed by atoms with E-state index in [-0.39, 0.29) is 46.1 Å². The van der Waals surface area contributed by atoms with Crippen LogP contribution in [0.3, 0.4) is 0 Å². The summed E-state index contributed by atoms with van der Waals surface area (Å²) in [6.45, 7) is 13.2. The molecule has 0 radical (unpaired) electrons. The highest BCUT2D eigenvalue weighted by atomic mass is 19.1. The number of carbonyl (C=O) groups is 2. The lowest BCUT2D eigenvalue weighted by atomic mass is 9.71. The molecule has 2 spiro atoms. The fraction of sp³-hybridized carbons (Fsp3) is 0.676. The van der Waals surface area contributed by atoms with Gasteiger partial charge in [0.25, 0.3) is 11.8 Å². The number of likely N-dealkylation sites (tertiary alicyclic amines) is 1. The zero-order chi connectivity index (χ0) is 33.2. The smallest absolute Gasteiger partial charge is 0.318 e. The highest BCUT2D eigenvalue weighted by Gasteiger charge is 2.48. The van der Waals surface area contributed by atoms with E-state index in [4.69, 9.17) is 9.47 Å². The van der Waals surface area contributed by atoms with Crippen LogP contribution >= 0.6 is 0 Å². The molecule has 1 aliphatic carbocycles. The number of nitrogens with zero attached hydrogens (tertiary/aromatic N) is 7. The molecule has 1 N–H and O–H groups in total. The number of hydrogen-bond acceptors (Lipinski definition) is 9. The molecule has 12 nitrogen and oxygen atoms in total. The van der Waals surface area contributed by atoms with Crippen LogP contribution in [0.15, 0.2) is 24.5 Å². The number of hydrogen-bond donors (Lipinski definition) is 1. The van der Waals surface area contributed by atoms with E-state index in [0.29, 0.717) is 31.4 Å². The van der Waals surface area contributed by atoms with Crippen molar-refractivity contribution < 1.29 is 23.5 Å². The van der Waals surface area contributed by atoms with Crippen LogP contribution < -0.4 is 15.0 Å². The predicted molar refractivity (Wildman–Crippen MR) is 175 cm³/mol. The second kappa shape index (κ2) is 13.9. The van der Waals surface area contributed by atoms with Gasteiger partial charge in [-0.25, -0.2) is 14.2 Å². The van der Waals surface area contributed by atoms with E-state index >= 15 is 0 Å². The number of aromatic nitrogens is 3. The summed E-state index contributed by atoms with van der Waals surface area (Å²) < 4.78 is 25.6. The van der Waals surface area contributed by atoms with Gasteiger partial charge < -0.3 is 34.4 Å². The van der Waals surface area contributed by atoms with Crippen molar-refractivity contribution in [1.82, 2.24) is 35.2 Å². The molecule has 1 aromatic heterocycles. The molecule has 1 saturated carbocycles. The van der Waals surface area contributed by atoms with Crippen molar-refractivity contribution in [3.05, 3.63) is 35.9 Å². The fourth-order valence-electron chi connectivity index (χ4n) is 7.97. The van der Waals surface area contributed by atoms with Crippen LogP contribution in [0.1, 0.15) is 69.7 Å². The van der Waals surface area contributed by atoms with E-state index in [1.807, 2.05) is 25.7 Å². The molecule has 3 aliphatic heterocycles. The van der Waals surface area contributed by atoms with E-state index in [2.05, 4.69) is 30.3 Å². The second-order valence-corrected chi connectivity index (χ2v) is 14.2. The van der Waals surface area contributed by atoms with Gasteiger partial charge >= 0.3 is 6.03 Å². The average Bonchev–Trinajstić information content (AvgIpc) is 3.35. The molecular weight excluding hydrogens is 603 g/mol. The third kappa shape index (κ3) is 7.15. The number of amides is 3. The number of halogens is 1. The lowest BCUT2D eigenvalue weighted by Gasteiger charge is -2.54. The molecule has 3 saturated heterocycles. The largest absolute Gasteiger partial charge is 0.434 e. The third-order valence-electron chi connectivity index (χ3n) is 10.7. The normalized spacial score (nSPS) is 24.1. The van der Waals surface area contributed by atoms with E-state index in [1.54, 1.807) is 12.0 Å². The predicted octanol–water partition coefficient (Wildman–Crippen LogP) is 4.18. The van der Waals surface area contributed by atoms with E-state index in [1.165, 1.54) is 24.5 Å². The number of piperidine rings is 1. The van der Waals surface area contributed by atoms with Crippen LogP contribution in [0.25, 0.3) is 0 Å². The maximum Gasteiger partial charge on any atom is 0.318 e. The molecule has 4 fully saturated rings. The second-order valence-electron chi connectivity index (χ2n) is 14.2. The van der Waals surface area contributed by atoms with Crippen molar-refractivity contribution in [3.8, 4) is 11.6 Å². The van der Waals surface area contributed by atoms with Gasteiger partial charge in [-0.05, 0) is 96.5 Å². The highest BCUT2D eigenvalue weighted by Crippen LogP contribution is 2.45. The maximum absolute atomic E-state index is 14.3. The molecule has 6 rings (SSSR count). The molecule has 4 heterocycles. The molecule has 1 aromatic carbocycles. The molecule has 0 bridgehead atoms. The molecule has 0 unspecified atom stereocenters. The molecule has 0 atom stereocenters. The summed E-state index contributed by atoms with van der Waals surface area (Å²) in [6.07, 6.45) is 8.03. The molecule has 3 amide bonds. The minimum atomic E-state index is -0.506. The first kappa shape index (κ1) is 33.3. The molecule has 13 heteroatoms. The number of carbonyl (C=O) groups excluding carboxylic acids is 2. The minimum Gasteiger partial charge on any atom is -0.434 e. The Bertz CT molecular complexity index is 1420. The number of rotatable bonds is 11. The average molecular weight is 653 g/mol. The number of methoxy groups -OCH3 is 1. The van der Waals surface area contributed by atoms with Crippen LogP contribution in [-0.2, 0) is 4.74 Å². The summed E-state index contributed by atoms with van der Waals surface area (Å²) in [5.41, 5.74) is 0.305. The first-order valence-corrected chi connectivity index (χ1v) is 17.1. The van der Waals surface area contributed by atoms with Crippen LogP contribution in [0, 0.1) is 17.2 Å². The quantitative estimate of drug-likeness (QED) is 0.382. The topological polar surface area (TPSA) is 116 Å². The summed E-state index contributed by atoms with van der Waals surface area (Å²) in [5.74, 6) is 0.889. The zero-order valence-corrected chi connectivity index (χ0v) is 28.2. The Morgan fingerprint density at radius 2 is 1.89 bits per heavy atom. The van der Waals surface area contributed by atoms with Gasteiger partial charge in [-0.3, -0.25) is 4.79 Å². The summed E-state index contributed by atoms with van der Waals surface area (Å²) in [5, 5.41) is 11.5. The highest BCUT2D eigenvalue weighted by molar-refractivity contribution is 5.97. The minimum absolute atomic E-state index is 0.0464. The van der Waals surface area contributed by atoms with Gasteiger partial charge in [-0.2, -0.15) is 0 Å². The number of nitrogens with one attached hydrogen (secondary N) is 1. The molecule has 4 aliphatic rings. The summed E-state index contributed by atoms with van der Waals surface area (Å²) in [7, 11) is 1.67. The Balaban J connectivity index is 1.01. The lowest BCUT2D eigenvalue weighted by Crippen LogP contribution is -2.61. The van der Waals surface area contributed by atoms with Crippen molar-refractivity contribution >= 4 is 17.8 Å². The Hall–Kier alpha value is -3.58. The monoisotopic (exact) mass is 652 g/mol. The fourth-order valence-corrected chi connectivity index (χ4v) is 7.97. The SMILES string of the molecule is CCN(C(=O)c1cc(F)ccc1Oc1nncnc1N1CC2(CCN(CC3CCC4(CC3)CN(CCOC)C(=O)N4)CC2)C1)C(C)C. The zero-order valence-electron chi connectivity index (χ0n) is 28.2. The van der Waals surface area contributed by atoms with Gasteiger partial charge in [0.2, 0.25) is 0 Å². The maximum atomic E-state index is 14.3. The van der Waals surface area contributed by atoms with Crippen LogP contribution in [0.2, 0.25) is 0 Å². The number of anilines is 1. The van der Waals surface area contributed by atoms with Crippen molar-refractivity contribution in [2.75, 3.05) is 71.0 Å². The van der Waals surface area contributed by atoms with Crippen LogP contribution in [0.5, 0.6) is 11.6 Å². The van der Waals surface area contributed by atoms with Gasteiger partial charge in [-0.1, -0.05) is 0 Å².